The van der Waals surface area contributed by atoms with Gasteiger partial charge in [0, 0.05) is 13.1 Å². The highest BCUT2D eigenvalue weighted by atomic mass is 16.2. The lowest BCUT2D eigenvalue weighted by Gasteiger charge is -2.31. The number of benzene rings is 1. The molecule has 0 aliphatic heterocycles. The van der Waals surface area contributed by atoms with E-state index in [9.17, 15) is 4.79 Å². The molecule has 0 saturated carbocycles. The standard InChI is InChI=1S/C15H24N2O/c1-12(16)14(18)17(11-15(2,3)4)10-13-8-6-5-7-9-13/h5-9,12H,10-11,16H2,1-4H3/t12-/m0/s1. The van der Waals surface area contributed by atoms with Crippen LogP contribution in [0.2, 0.25) is 0 Å². The van der Waals surface area contributed by atoms with Crippen molar-refractivity contribution in [2.75, 3.05) is 6.54 Å². The van der Waals surface area contributed by atoms with E-state index in [2.05, 4.69) is 20.8 Å². The highest BCUT2D eigenvalue weighted by Gasteiger charge is 2.23. The molecule has 0 saturated heterocycles. The maximum Gasteiger partial charge on any atom is 0.239 e. The average Bonchev–Trinajstić information content (AvgIpc) is 2.26. The van der Waals surface area contributed by atoms with Gasteiger partial charge in [0.1, 0.15) is 0 Å². The first-order chi connectivity index (χ1) is 8.29. The summed E-state index contributed by atoms with van der Waals surface area (Å²) in [5.41, 5.74) is 6.92. The number of amides is 1. The quantitative estimate of drug-likeness (QED) is 0.889. The largest absolute Gasteiger partial charge is 0.337 e. The Morgan fingerprint density at radius 3 is 2.28 bits per heavy atom. The van der Waals surface area contributed by atoms with Crippen molar-refractivity contribution in [1.82, 2.24) is 4.90 Å². The molecule has 1 atom stereocenters. The monoisotopic (exact) mass is 248 g/mol. The van der Waals surface area contributed by atoms with Gasteiger partial charge in [-0.2, -0.15) is 0 Å². The van der Waals surface area contributed by atoms with Crippen molar-refractivity contribution >= 4 is 5.91 Å². The summed E-state index contributed by atoms with van der Waals surface area (Å²) >= 11 is 0. The summed E-state index contributed by atoms with van der Waals surface area (Å²) in [4.78, 5) is 14.0. The molecule has 1 rings (SSSR count). The molecular formula is C15H24N2O. The summed E-state index contributed by atoms with van der Waals surface area (Å²) < 4.78 is 0. The Balaban J connectivity index is 2.81. The van der Waals surface area contributed by atoms with Crippen LogP contribution in [0.5, 0.6) is 0 Å². The molecule has 1 aromatic rings. The smallest absolute Gasteiger partial charge is 0.239 e. The van der Waals surface area contributed by atoms with Crippen molar-refractivity contribution in [1.29, 1.82) is 0 Å². The second-order valence-corrected chi connectivity index (χ2v) is 6.03. The second kappa shape index (κ2) is 6.01. The predicted molar refractivity (Wildman–Crippen MR) is 75.0 cm³/mol. The minimum Gasteiger partial charge on any atom is -0.337 e. The zero-order chi connectivity index (χ0) is 13.8. The predicted octanol–water partition coefficient (Wildman–Crippen LogP) is 2.41. The van der Waals surface area contributed by atoms with Crippen LogP contribution in [0.15, 0.2) is 30.3 Å². The normalized spacial score (nSPS) is 13.2. The van der Waals surface area contributed by atoms with Crippen molar-refractivity contribution in [3.63, 3.8) is 0 Å². The van der Waals surface area contributed by atoms with Gasteiger partial charge >= 0.3 is 0 Å². The average molecular weight is 248 g/mol. The van der Waals surface area contributed by atoms with Gasteiger partial charge in [-0.15, -0.1) is 0 Å². The third-order valence-electron chi connectivity index (χ3n) is 2.58. The molecule has 0 aliphatic carbocycles. The van der Waals surface area contributed by atoms with Crippen LogP contribution in [-0.2, 0) is 11.3 Å². The highest BCUT2D eigenvalue weighted by molar-refractivity contribution is 5.81. The summed E-state index contributed by atoms with van der Waals surface area (Å²) in [6, 6.07) is 9.57. The van der Waals surface area contributed by atoms with E-state index >= 15 is 0 Å². The fraction of sp³-hybridized carbons (Fsp3) is 0.533. The van der Waals surface area contributed by atoms with Gasteiger partial charge in [-0.3, -0.25) is 4.79 Å². The first-order valence-electron chi connectivity index (χ1n) is 6.38. The molecule has 18 heavy (non-hydrogen) atoms. The van der Waals surface area contributed by atoms with Crippen LogP contribution in [0, 0.1) is 5.41 Å². The van der Waals surface area contributed by atoms with Gasteiger partial charge in [-0.1, -0.05) is 51.1 Å². The Labute approximate surface area is 110 Å². The van der Waals surface area contributed by atoms with Gasteiger partial charge in [-0.25, -0.2) is 0 Å². The van der Waals surface area contributed by atoms with Crippen LogP contribution >= 0.6 is 0 Å². The Morgan fingerprint density at radius 2 is 1.83 bits per heavy atom. The van der Waals surface area contributed by atoms with E-state index < -0.39 is 6.04 Å². The minimum atomic E-state index is -0.448. The molecular weight excluding hydrogens is 224 g/mol. The van der Waals surface area contributed by atoms with E-state index in [4.69, 9.17) is 5.73 Å². The van der Waals surface area contributed by atoms with Crippen LogP contribution in [0.3, 0.4) is 0 Å². The number of nitrogens with two attached hydrogens (primary N) is 1. The lowest BCUT2D eigenvalue weighted by molar-refractivity contribution is -0.134. The van der Waals surface area contributed by atoms with Gasteiger partial charge in [0.15, 0.2) is 0 Å². The highest BCUT2D eigenvalue weighted by Crippen LogP contribution is 2.17. The van der Waals surface area contributed by atoms with Crippen LogP contribution in [0.4, 0.5) is 0 Å². The van der Waals surface area contributed by atoms with Gasteiger partial charge in [0.05, 0.1) is 6.04 Å². The molecule has 0 heterocycles. The Bertz CT molecular complexity index is 379. The fourth-order valence-electron chi connectivity index (χ4n) is 1.88. The third kappa shape index (κ3) is 4.88. The molecule has 0 spiro atoms. The van der Waals surface area contributed by atoms with Crippen molar-refractivity contribution in [2.24, 2.45) is 11.1 Å². The topological polar surface area (TPSA) is 46.3 Å². The van der Waals surface area contributed by atoms with Crippen molar-refractivity contribution in [3.05, 3.63) is 35.9 Å². The first-order valence-corrected chi connectivity index (χ1v) is 6.38. The van der Waals surface area contributed by atoms with Crippen LogP contribution in [0.25, 0.3) is 0 Å². The molecule has 1 amide bonds. The Kier molecular flexibility index (Phi) is 4.91. The van der Waals surface area contributed by atoms with Gasteiger partial charge < -0.3 is 10.6 Å². The van der Waals surface area contributed by atoms with Crippen molar-refractivity contribution < 1.29 is 4.79 Å². The number of hydrogen-bond acceptors (Lipinski definition) is 2. The van der Waals surface area contributed by atoms with E-state index in [0.29, 0.717) is 13.1 Å². The molecule has 3 heteroatoms. The number of carbonyl (C=O) groups excluding carboxylic acids is 1. The summed E-state index contributed by atoms with van der Waals surface area (Å²) in [6.45, 7) is 9.45. The lowest BCUT2D eigenvalue weighted by atomic mass is 9.95. The number of nitrogens with zero attached hydrogens (tertiary/aromatic N) is 1. The van der Waals surface area contributed by atoms with Gasteiger partial charge in [0.25, 0.3) is 0 Å². The van der Waals surface area contributed by atoms with Crippen LogP contribution in [0.1, 0.15) is 33.3 Å². The van der Waals surface area contributed by atoms with Crippen molar-refractivity contribution in [3.8, 4) is 0 Å². The van der Waals surface area contributed by atoms with Gasteiger partial charge in [0.2, 0.25) is 5.91 Å². The molecule has 0 radical (unpaired) electrons. The lowest BCUT2D eigenvalue weighted by Crippen LogP contribution is -2.45. The summed E-state index contributed by atoms with van der Waals surface area (Å²) in [5, 5.41) is 0. The number of carbonyl (C=O) groups is 1. The summed E-state index contributed by atoms with van der Waals surface area (Å²) in [5.74, 6) is 0.00813. The maximum atomic E-state index is 12.1. The molecule has 3 nitrogen and oxygen atoms in total. The number of rotatable bonds is 4. The fourth-order valence-corrected chi connectivity index (χ4v) is 1.88. The van der Waals surface area contributed by atoms with E-state index in [1.165, 1.54) is 0 Å². The summed E-state index contributed by atoms with van der Waals surface area (Å²) in [6.07, 6.45) is 0. The molecule has 0 fully saturated rings. The molecule has 100 valence electrons. The first kappa shape index (κ1) is 14.7. The Hall–Kier alpha value is -1.35. The third-order valence-corrected chi connectivity index (χ3v) is 2.58. The molecule has 0 unspecified atom stereocenters. The van der Waals surface area contributed by atoms with Crippen molar-refractivity contribution in [2.45, 2.75) is 40.3 Å². The number of hydrogen-bond donors (Lipinski definition) is 1. The van der Waals surface area contributed by atoms with E-state index in [-0.39, 0.29) is 11.3 Å². The Morgan fingerprint density at radius 1 is 1.28 bits per heavy atom. The summed E-state index contributed by atoms with van der Waals surface area (Å²) in [7, 11) is 0. The van der Waals surface area contributed by atoms with E-state index in [1.807, 2.05) is 35.2 Å². The SMILES string of the molecule is C[C@H](N)C(=O)N(Cc1ccccc1)CC(C)(C)C. The van der Waals surface area contributed by atoms with Crippen LogP contribution in [-0.4, -0.2) is 23.4 Å². The minimum absolute atomic E-state index is 0.00813. The second-order valence-electron chi connectivity index (χ2n) is 6.03. The molecule has 0 bridgehead atoms. The van der Waals surface area contributed by atoms with E-state index in [1.54, 1.807) is 6.92 Å². The molecule has 0 aliphatic rings. The zero-order valence-electron chi connectivity index (χ0n) is 11.8. The zero-order valence-corrected chi connectivity index (χ0v) is 11.8. The van der Waals surface area contributed by atoms with Crippen LogP contribution < -0.4 is 5.73 Å². The maximum absolute atomic E-state index is 12.1. The molecule has 1 aromatic carbocycles. The van der Waals surface area contributed by atoms with Gasteiger partial charge in [-0.05, 0) is 17.9 Å². The molecule has 2 N–H and O–H groups in total. The molecule has 0 aromatic heterocycles. The van der Waals surface area contributed by atoms with E-state index in [0.717, 1.165) is 5.56 Å².